The molecule has 1 fully saturated rings. The van der Waals surface area contributed by atoms with Gasteiger partial charge in [0.05, 0.1) is 19.5 Å². The molecule has 19 heavy (non-hydrogen) atoms. The Kier molecular flexibility index (Phi) is 5.39. The summed E-state index contributed by atoms with van der Waals surface area (Å²) in [5.74, 6) is 2.22. The Labute approximate surface area is 115 Å². The van der Waals surface area contributed by atoms with Crippen LogP contribution in [0.2, 0.25) is 0 Å². The zero-order valence-electron chi connectivity index (χ0n) is 11.9. The number of ether oxygens (including phenoxy) is 1. The molecule has 0 spiro atoms. The number of nitrogens with one attached hydrogen (secondary N) is 1. The molecule has 0 bridgehead atoms. The lowest BCUT2D eigenvalue weighted by molar-refractivity contribution is 0.382. The van der Waals surface area contributed by atoms with Crippen molar-refractivity contribution in [1.82, 2.24) is 15.3 Å². The minimum atomic E-state index is 0.587. The molecule has 0 amide bonds. The monoisotopic (exact) mass is 264 g/mol. The fourth-order valence-corrected chi connectivity index (χ4v) is 2.51. The molecular weight excluding hydrogens is 240 g/mol. The number of rotatable bonds is 6. The third-order valence-electron chi connectivity index (χ3n) is 3.51. The number of piperidine rings is 1. The van der Waals surface area contributed by atoms with Crippen LogP contribution in [0.25, 0.3) is 0 Å². The summed E-state index contributed by atoms with van der Waals surface area (Å²) in [5, 5.41) is 3.51. The van der Waals surface area contributed by atoms with E-state index in [0.29, 0.717) is 11.8 Å². The van der Waals surface area contributed by atoms with Crippen molar-refractivity contribution in [2.24, 2.45) is 5.92 Å². The van der Waals surface area contributed by atoms with Crippen LogP contribution in [0.1, 0.15) is 26.2 Å². The Hall–Kier alpha value is -1.36. The highest BCUT2D eigenvalue weighted by atomic mass is 16.5. The standard InChI is InChI=1S/C14H24N4O/c1-3-6-15-8-12-5-4-7-18(11-12)13-9-16-10-14(17-13)19-2/h9-10,12,15H,3-8,11H2,1-2H3. The lowest BCUT2D eigenvalue weighted by atomic mass is 9.98. The predicted molar refractivity (Wildman–Crippen MR) is 76.7 cm³/mol. The summed E-state index contributed by atoms with van der Waals surface area (Å²) < 4.78 is 5.14. The van der Waals surface area contributed by atoms with E-state index in [1.807, 2.05) is 6.20 Å². The van der Waals surface area contributed by atoms with E-state index in [-0.39, 0.29) is 0 Å². The van der Waals surface area contributed by atoms with Crippen LogP contribution in [0.3, 0.4) is 0 Å². The van der Waals surface area contributed by atoms with Crippen molar-refractivity contribution in [1.29, 1.82) is 0 Å². The highest BCUT2D eigenvalue weighted by Crippen LogP contribution is 2.22. The van der Waals surface area contributed by atoms with Gasteiger partial charge in [0.15, 0.2) is 5.82 Å². The van der Waals surface area contributed by atoms with Gasteiger partial charge in [-0.15, -0.1) is 0 Å². The molecule has 1 saturated heterocycles. The number of anilines is 1. The van der Waals surface area contributed by atoms with Gasteiger partial charge < -0.3 is 15.0 Å². The third kappa shape index (κ3) is 4.06. The number of aromatic nitrogens is 2. The van der Waals surface area contributed by atoms with Crippen LogP contribution in [-0.4, -0.2) is 43.3 Å². The van der Waals surface area contributed by atoms with Gasteiger partial charge in [-0.3, -0.25) is 4.98 Å². The van der Waals surface area contributed by atoms with Crippen LogP contribution in [0, 0.1) is 5.92 Å². The summed E-state index contributed by atoms with van der Waals surface area (Å²) in [6.45, 7) is 6.52. The van der Waals surface area contributed by atoms with Crippen molar-refractivity contribution in [3.63, 3.8) is 0 Å². The predicted octanol–water partition coefficient (Wildman–Crippen LogP) is 1.70. The zero-order chi connectivity index (χ0) is 13.5. The van der Waals surface area contributed by atoms with Gasteiger partial charge in [0.1, 0.15) is 0 Å². The summed E-state index contributed by atoms with van der Waals surface area (Å²) in [5.41, 5.74) is 0. The van der Waals surface area contributed by atoms with Gasteiger partial charge in [-0.2, -0.15) is 4.98 Å². The molecule has 2 heterocycles. The molecule has 0 radical (unpaired) electrons. The van der Waals surface area contributed by atoms with Crippen molar-refractivity contribution >= 4 is 5.82 Å². The first-order valence-electron chi connectivity index (χ1n) is 7.15. The summed E-state index contributed by atoms with van der Waals surface area (Å²) in [6.07, 6.45) is 7.18. The maximum Gasteiger partial charge on any atom is 0.233 e. The van der Waals surface area contributed by atoms with Crippen LogP contribution in [0.15, 0.2) is 12.4 Å². The van der Waals surface area contributed by atoms with Gasteiger partial charge in [0.2, 0.25) is 5.88 Å². The van der Waals surface area contributed by atoms with E-state index in [9.17, 15) is 0 Å². The molecule has 0 aliphatic carbocycles. The van der Waals surface area contributed by atoms with Gasteiger partial charge in [0, 0.05) is 13.1 Å². The van der Waals surface area contributed by atoms with Crippen LogP contribution >= 0.6 is 0 Å². The van der Waals surface area contributed by atoms with Crippen molar-refractivity contribution in [2.75, 3.05) is 38.2 Å². The second-order valence-corrected chi connectivity index (χ2v) is 5.08. The molecule has 1 N–H and O–H groups in total. The molecule has 1 aliphatic rings. The van der Waals surface area contributed by atoms with E-state index in [1.165, 1.54) is 19.3 Å². The lowest BCUT2D eigenvalue weighted by Crippen LogP contribution is -2.40. The summed E-state index contributed by atoms with van der Waals surface area (Å²) in [7, 11) is 1.63. The SMILES string of the molecule is CCCNCC1CCCN(c2cncc(OC)n2)C1. The number of hydrogen-bond acceptors (Lipinski definition) is 5. The Bertz CT molecular complexity index is 385. The molecule has 1 aliphatic heterocycles. The first-order chi connectivity index (χ1) is 9.33. The molecule has 1 aromatic heterocycles. The molecular formula is C14H24N4O. The molecule has 0 aromatic carbocycles. The Balaban J connectivity index is 1.92. The molecule has 1 unspecified atom stereocenters. The zero-order valence-corrected chi connectivity index (χ0v) is 11.9. The van der Waals surface area contributed by atoms with E-state index in [4.69, 9.17) is 4.74 Å². The first-order valence-corrected chi connectivity index (χ1v) is 7.15. The molecule has 5 nitrogen and oxygen atoms in total. The summed E-state index contributed by atoms with van der Waals surface area (Å²) >= 11 is 0. The Morgan fingerprint density at radius 2 is 2.37 bits per heavy atom. The molecule has 1 aromatic rings. The minimum absolute atomic E-state index is 0.587. The van der Waals surface area contributed by atoms with E-state index in [2.05, 4.69) is 27.1 Å². The number of hydrogen-bond donors (Lipinski definition) is 1. The van der Waals surface area contributed by atoms with Gasteiger partial charge >= 0.3 is 0 Å². The second-order valence-electron chi connectivity index (χ2n) is 5.08. The van der Waals surface area contributed by atoms with Crippen molar-refractivity contribution in [2.45, 2.75) is 26.2 Å². The smallest absolute Gasteiger partial charge is 0.233 e. The molecule has 2 rings (SSSR count). The number of nitrogens with zero attached hydrogens (tertiary/aromatic N) is 3. The highest BCUT2D eigenvalue weighted by Gasteiger charge is 2.21. The van der Waals surface area contributed by atoms with Crippen LogP contribution in [0.5, 0.6) is 5.88 Å². The summed E-state index contributed by atoms with van der Waals surface area (Å²) in [4.78, 5) is 11.0. The normalized spacial score (nSPS) is 19.5. The van der Waals surface area contributed by atoms with Crippen LogP contribution < -0.4 is 15.0 Å². The van der Waals surface area contributed by atoms with Gasteiger partial charge in [-0.05, 0) is 38.3 Å². The van der Waals surface area contributed by atoms with Crippen molar-refractivity contribution in [3.05, 3.63) is 12.4 Å². The van der Waals surface area contributed by atoms with E-state index < -0.39 is 0 Å². The average molecular weight is 264 g/mol. The van der Waals surface area contributed by atoms with E-state index in [0.717, 1.165) is 32.0 Å². The minimum Gasteiger partial charge on any atom is -0.480 e. The van der Waals surface area contributed by atoms with Gasteiger partial charge in [-0.25, -0.2) is 0 Å². The first kappa shape index (κ1) is 14.1. The van der Waals surface area contributed by atoms with Crippen LogP contribution in [-0.2, 0) is 0 Å². The molecule has 1 atom stereocenters. The third-order valence-corrected chi connectivity index (χ3v) is 3.51. The Morgan fingerprint density at radius 3 is 3.16 bits per heavy atom. The molecule has 106 valence electrons. The maximum atomic E-state index is 5.14. The van der Waals surface area contributed by atoms with E-state index >= 15 is 0 Å². The van der Waals surface area contributed by atoms with Crippen molar-refractivity contribution in [3.8, 4) is 5.88 Å². The average Bonchev–Trinajstić information content (AvgIpc) is 2.48. The topological polar surface area (TPSA) is 50.3 Å². The fourth-order valence-electron chi connectivity index (χ4n) is 2.51. The highest BCUT2D eigenvalue weighted by molar-refractivity contribution is 5.38. The second kappa shape index (κ2) is 7.28. The largest absolute Gasteiger partial charge is 0.480 e. The number of methoxy groups -OCH3 is 1. The Morgan fingerprint density at radius 1 is 1.47 bits per heavy atom. The maximum absolute atomic E-state index is 5.14. The fraction of sp³-hybridized carbons (Fsp3) is 0.714. The van der Waals surface area contributed by atoms with E-state index in [1.54, 1.807) is 13.3 Å². The van der Waals surface area contributed by atoms with Gasteiger partial charge in [0.25, 0.3) is 0 Å². The lowest BCUT2D eigenvalue weighted by Gasteiger charge is -2.33. The molecule has 0 saturated carbocycles. The quantitative estimate of drug-likeness (QED) is 0.793. The van der Waals surface area contributed by atoms with Gasteiger partial charge in [-0.1, -0.05) is 6.92 Å². The molecule has 5 heteroatoms. The summed E-state index contributed by atoms with van der Waals surface area (Å²) in [6, 6.07) is 0. The van der Waals surface area contributed by atoms with Crippen molar-refractivity contribution < 1.29 is 4.74 Å². The van der Waals surface area contributed by atoms with Crippen LogP contribution in [0.4, 0.5) is 5.82 Å².